The number of nitrogens with one attached hydrogen (secondary N) is 1. The van der Waals surface area contributed by atoms with Gasteiger partial charge in [0.1, 0.15) is 6.04 Å². The number of hydrogen-bond acceptors (Lipinski definition) is 4. The number of carboxylic acids is 2. The highest BCUT2D eigenvalue weighted by atomic mass is 16.4. The van der Waals surface area contributed by atoms with Crippen LogP contribution in [0.4, 0.5) is 0 Å². The molecule has 0 spiro atoms. The van der Waals surface area contributed by atoms with Crippen molar-refractivity contribution in [3.63, 3.8) is 0 Å². The fourth-order valence-electron chi connectivity index (χ4n) is 3.81. The molecule has 0 radical (unpaired) electrons. The van der Waals surface area contributed by atoms with Crippen LogP contribution in [0.1, 0.15) is 10.4 Å². The molecule has 0 saturated carbocycles. The first-order valence-electron chi connectivity index (χ1n) is 8.89. The second-order valence-electron chi connectivity index (χ2n) is 6.77. The molecule has 1 amide bonds. The van der Waals surface area contributed by atoms with Gasteiger partial charge in [0, 0.05) is 18.7 Å². The quantitative estimate of drug-likeness (QED) is 0.602. The standard InChI is InChI=1S/C21H18N2O5/c24-19(23-10-9-22-17(20(25)26)18(23)21(27)28)14-7-8-16-13(11-14)6-5-12-3-1-2-4-15(12)16/h1-8,11,17-18,22H,9-10H2,(H,25,26)(H,27,28)/t17-,18-/m0/s1. The maximum absolute atomic E-state index is 13.0. The highest BCUT2D eigenvalue weighted by Gasteiger charge is 2.43. The molecule has 7 nitrogen and oxygen atoms in total. The van der Waals surface area contributed by atoms with E-state index < -0.39 is 29.9 Å². The van der Waals surface area contributed by atoms with Gasteiger partial charge >= 0.3 is 11.9 Å². The SMILES string of the molecule is O=C(O)[C@H]1NCCN(C(=O)c2ccc3c(ccc4ccccc43)c2)[C@@H]1C(=O)O. The topological polar surface area (TPSA) is 107 Å². The van der Waals surface area contributed by atoms with Crippen LogP contribution in [0.15, 0.2) is 54.6 Å². The van der Waals surface area contributed by atoms with Crippen molar-refractivity contribution in [2.75, 3.05) is 13.1 Å². The number of carboxylic acid groups (broad SMARTS) is 2. The fourth-order valence-corrected chi connectivity index (χ4v) is 3.81. The van der Waals surface area contributed by atoms with Crippen LogP contribution in [-0.4, -0.2) is 58.1 Å². The van der Waals surface area contributed by atoms with Gasteiger partial charge < -0.3 is 20.4 Å². The van der Waals surface area contributed by atoms with Gasteiger partial charge in [0.2, 0.25) is 0 Å². The second-order valence-corrected chi connectivity index (χ2v) is 6.77. The fraction of sp³-hybridized carbons (Fsp3) is 0.190. The summed E-state index contributed by atoms with van der Waals surface area (Å²) in [5.74, 6) is -3.13. The molecule has 0 bridgehead atoms. The van der Waals surface area contributed by atoms with Crippen LogP contribution in [-0.2, 0) is 9.59 Å². The first-order valence-corrected chi connectivity index (χ1v) is 8.89. The predicted octanol–water partition coefficient (Wildman–Crippen LogP) is 1.94. The summed E-state index contributed by atoms with van der Waals surface area (Å²) in [6.07, 6.45) is 0. The summed E-state index contributed by atoms with van der Waals surface area (Å²) in [5.41, 5.74) is 0.333. The maximum Gasteiger partial charge on any atom is 0.328 e. The zero-order valence-electron chi connectivity index (χ0n) is 14.8. The van der Waals surface area contributed by atoms with E-state index in [4.69, 9.17) is 0 Å². The lowest BCUT2D eigenvalue weighted by molar-refractivity contribution is -0.152. The van der Waals surface area contributed by atoms with E-state index in [-0.39, 0.29) is 13.1 Å². The number of carbonyl (C=O) groups excluding carboxylic acids is 1. The Morgan fingerprint density at radius 2 is 1.61 bits per heavy atom. The summed E-state index contributed by atoms with van der Waals surface area (Å²) < 4.78 is 0. The summed E-state index contributed by atoms with van der Waals surface area (Å²) in [4.78, 5) is 37.2. The van der Waals surface area contributed by atoms with Gasteiger partial charge in [0.25, 0.3) is 5.91 Å². The van der Waals surface area contributed by atoms with E-state index in [1.807, 2.05) is 42.5 Å². The van der Waals surface area contributed by atoms with E-state index in [0.717, 1.165) is 26.4 Å². The van der Waals surface area contributed by atoms with Gasteiger partial charge in [-0.1, -0.05) is 42.5 Å². The van der Waals surface area contributed by atoms with Gasteiger partial charge in [-0.25, -0.2) is 4.79 Å². The lowest BCUT2D eigenvalue weighted by Crippen LogP contribution is -2.65. The Morgan fingerprint density at radius 3 is 2.36 bits per heavy atom. The summed E-state index contributed by atoms with van der Waals surface area (Å²) in [7, 11) is 0. The second kappa shape index (κ2) is 6.94. The minimum Gasteiger partial charge on any atom is -0.480 e. The molecule has 4 rings (SSSR count). The highest BCUT2D eigenvalue weighted by molar-refractivity contribution is 6.10. The minimum absolute atomic E-state index is 0.120. The third-order valence-electron chi connectivity index (χ3n) is 5.14. The van der Waals surface area contributed by atoms with Gasteiger partial charge in [-0.15, -0.1) is 0 Å². The molecule has 1 fully saturated rings. The number of fused-ring (bicyclic) bond motifs is 3. The first-order chi connectivity index (χ1) is 13.5. The number of benzene rings is 3. The molecule has 2 atom stereocenters. The molecule has 0 aliphatic carbocycles. The van der Waals surface area contributed by atoms with Crippen LogP contribution < -0.4 is 5.32 Å². The van der Waals surface area contributed by atoms with Crippen molar-refractivity contribution in [3.8, 4) is 0 Å². The Bertz CT molecular complexity index is 1110. The Labute approximate surface area is 160 Å². The van der Waals surface area contributed by atoms with Crippen molar-refractivity contribution < 1.29 is 24.6 Å². The molecule has 3 aromatic carbocycles. The molecule has 3 N–H and O–H groups in total. The third-order valence-corrected chi connectivity index (χ3v) is 5.14. The molecule has 1 aliphatic heterocycles. The van der Waals surface area contributed by atoms with E-state index in [9.17, 15) is 24.6 Å². The van der Waals surface area contributed by atoms with E-state index in [1.165, 1.54) is 0 Å². The lowest BCUT2D eigenvalue weighted by Gasteiger charge is -2.37. The Morgan fingerprint density at radius 1 is 0.893 bits per heavy atom. The zero-order valence-corrected chi connectivity index (χ0v) is 14.8. The summed E-state index contributed by atoms with van der Waals surface area (Å²) >= 11 is 0. The van der Waals surface area contributed by atoms with Crippen LogP contribution in [0.3, 0.4) is 0 Å². The van der Waals surface area contributed by atoms with Crippen molar-refractivity contribution in [2.24, 2.45) is 0 Å². The van der Waals surface area contributed by atoms with Crippen LogP contribution in [0, 0.1) is 0 Å². The lowest BCUT2D eigenvalue weighted by atomic mass is 9.98. The van der Waals surface area contributed by atoms with Crippen LogP contribution in [0.25, 0.3) is 21.5 Å². The van der Waals surface area contributed by atoms with Gasteiger partial charge in [-0.05, 0) is 33.7 Å². The van der Waals surface area contributed by atoms with Crippen molar-refractivity contribution in [3.05, 3.63) is 60.2 Å². The van der Waals surface area contributed by atoms with Crippen LogP contribution in [0.5, 0.6) is 0 Å². The molecule has 1 aliphatic rings. The van der Waals surface area contributed by atoms with E-state index in [0.29, 0.717) is 5.56 Å². The van der Waals surface area contributed by atoms with Gasteiger partial charge in [0.15, 0.2) is 6.04 Å². The molecular formula is C21H18N2O5. The smallest absolute Gasteiger partial charge is 0.328 e. The Hall–Kier alpha value is -3.45. The third kappa shape index (κ3) is 2.95. The van der Waals surface area contributed by atoms with Crippen molar-refractivity contribution >= 4 is 39.4 Å². The number of piperazine rings is 1. The largest absolute Gasteiger partial charge is 0.480 e. The van der Waals surface area contributed by atoms with Crippen LogP contribution >= 0.6 is 0 Å². The minimum atomic E-state index is -1.47. The molecule has 0 unspecified atom stereocenters. The number of rotatable bonds is 3. The van der Waals surface area contributed by atoms with E-state index in [1.54, 1.807) is 12.1 Å². The number of nitrogens with zero attached hydrogens (tertiary/aromatic N) is 1. The average molecular weight is 378 g/mol. The molecule has 142 valence electrons. The normalized spacial score (nSPS) is 19.6. The summed E-state index contributed by atoms with van der Waals surface area (Å²) in [6.45, 7) is 0.333. The number of amides is 1. The van der Waals surface area contributed by atoms with Gasteiger partial charge in [0.05, 0.1) is 0 Å². The summed E-state index contributed by atoms with van der Waals surface area (Å²) in [6, 6.07) is 14.2. The number of aliphatic carboxylic acids is 2. The van der Waals surface area contributed by atoms with Crippen LogP contribution in [0.2, 0.25) is 0 Å². The van der Waals surface area contributed by atoms with Gasteiger partial charge in [-0.2, -0.15) is 0 Å². The molecule has 3 aromatic rings. The monoisotopic (exact) mass is 378 g/mol. The highest BCUT2D eigenvalue weighted by Crippen LogP contribution is 2.27. The van der Waals surface area contributed by atoms with Gasteiger partial charge in [-0.3, -0.25) is 9.59 Å². The molecular weight excluding hydrogens is 360 g/mol. The molecule has 7 heteroatoms. The Balaban J connectivity index is 1.74. The van der Waals surface area contributed by atoms with Crippen molar-refractivity contribution in [1.29, 1.82) is 0 Å². The molecule has 1 heterocycles. The first kappa shape index (κ1) is 17.9. The van der Waals surface area contributed by atoms with Crippen molar-refractivity contribution in [2.45, 2.75) is 12.1 Å². The average Bonchev–Trinajstić information content (AvgIpc) is 2.72. The predicted molar refractivity (Wildman–Crippen MR) is 103 cm³/mol. The maximum atomic E-state index is 13.0. The number of carbonyl (C=O) groups is 3. The Kier molecular flexibility index (Phi) is 4.44. The number of hydrogen-bond donors (Lipinski definition) is 3. The summed E-state index contributed by atoms with van der Waals surface area (Å²) in [5, 5.41) is 25.5. The van der Waals surface area contributed by atoms with Crippen molar-refractivity contribution in [1.82, 2.24) is 10.2 Å². The van der Waals surface area contributed by atoms with E-state index >= 15 is 0 Å². The molecule has 1 saturated heterocycles. The molecule has 28 heavy (non-hydrogen) atoms. The molecule has 0 aromatic heterocycles. The zero-order chi connectivity index (χ0) is 19.8. The van der Waals surface area contributed by atoms with E-state index in [2.05, 4.69) is 5.32 Å².